The molecule has 2 aromatic rings. The van der Waals surface area contributed by atoms with Crippen LogP contribution in [0.2, 0.25) is 0 Å². The molecule has 1 fully saturated rings. The maximum Gasteiger partial charge on any atom is 0.351 e. The van der Waals surface area contributed by atoms with E-state index in [1.54, 1.807) is 6.92 Å². The second-order valence-corrected chi connectivity index (χ2v) is 10.9. The van der Waals surface area contributed by atoms with Crippen molar-refractivity contribution in [3.63, 3.8) is 0 Å². The Morgan fingerprint density at radius 1 is 1.17 bits per heavy atom. The molecule has 1 aromatic heterocycles. The predicted octanol–water partition coefficient (Wildman–Crippen LogP) is 6.32. The first-order valence-corrected chi connectivity index (χ1v) is 13.5. The number of carboxylic acids is 1. The third-order valence-corrected chi connectivity index (χ3v) is 7.93. The fraction of sp³-hybridized carbons (Fsp3) is 0.536. The minimum Gasteiger partial charge on any atom is -0.480 e. The van der Waals surface area contributed by atoms with Gasteiger partial charge in [0, 0.05) is 29.1 Å². The number of esters is 1. The molecule has 0 unspecified atom stereocenters. The van der Waals surface area contributed by atoms with Crippen molar-refractivity contribution >= 4 is 34.9 Å². The van der Waals surface area contributed by atoms with E-state index >= 15 is 0 Å². The molecule has 0 atom stereocenters. The number of ether oxygens (including phenoxy) is 2. The number of carbonyl (C=O) groups excluding carboxylic acids is 2. The van der Waals surface area contributed by atoms with Crippen molar-refractivity contribution in [1.29, 1.82) is 0 Å². The number of carboxylic acid groups (broad SMARTS) is 1. The van der Waals surface area contributed by atoms with Gasteiger partial charge >= 0.3 is 11.9 Å². The SMILES string of the molecule is COC(=O)c1sc(-c2cccc(N(CC3CCCCC3)C(=O)CCC(C)C)c2)c(C)c1OCC(=O)O. The van der Waals surface area contributed by atoms with Gasteiger partial charge in [-0.2, -0.15) is 0 Å². The van der Waals surface area contributed by atoms with Crippen molar-refractivity contribution in [1.82, 2.24) is 0 Å². The molecule has 0 bridgehead atoms. The number of hydrogen-bond donors (Lipinski definition) is 1. The summed E-state index contributed by atoms with van der Waals surface area (Å²) in [6.07, 6.45) is 7.32. The Morgan fingerprint density at radius 3 is 2.53 bits per heavy atom. The Bertz CT molecular complexity index is 1070. The fourth-order valence-corrected chi connectivity index (χ4v) is 5.82. The largest absolute Gasteiger partial charge is 0.480 e. The number of benzene rings is 1. The van der Waals surface area contributed by atoms with Gasteiger partial charge in [-0.25, -0.2) is 9.59 Å². The molecule has 196 valence electrons. The Balaban J connectivity index is 1.97. The van der Waals surface area contributed by atoms with Crippen LogP contribution in [0.1, 0.15) is 74.0 Å². The smallest absolute Gasteiger partial charge is 0.351 e. The monoisotopic (exact) mass is 515 g/mol. The lowest BCUT2D eigenvalue weighted by Gasteiger charge is -2.30. The molecule has 7 nitrogen and oxygen atoms in total. The normalized spacial score (nSPS) is 14.0. The van der Waals surface area contributed by atoms with Crippen LogP contribution in [0.4, 0.5) is 5.69 Å². The van der Waals surface area contributed by atoms with Crippen LogP contribution in [0.15, 0.2) is 24.3 Å². The summed E-state index contributed by atoms with van der Waals surface area (Å²) in [5.41, 5.74) is 2.35. The number of carbonyl (C=O) groups is 3. The second-order valence-electron chi connectivity index (χ2n) is 9.88. The van der Waals surface area contributed by atoms with Gasteiger partial charge in [0.2, 0.25) is 5.91 Å². The zero-order chi connectivity index (χ0) is 26.2. The topological polar surface area (TPSA) is 93.1 Å². The Hall–Kier alpha value is -2.87. The van der Waals surface area contributed by atoms with Crippen LogP contribution in [0.25, 0.3) is 10.4 Å². The number of aliphatic carboxylic acids is 1. The molecule has 0 radical (unpaired) electrons. The highest BCUT2D eigenvalue weighted by molar-refractivity contribution is 7.18. The zero-order valence-corrected chi connectivity index (χ0v) is 22.5. The van der Waals surface area contributed by atoms with Gasteiger partial charge in [-0.1, -0.05) is 45.2 Å². The van der Waals surface area contributed by atoms with Crippen molar-refractivity contribution in [2.75, 3.05) is 25.2 Å². The summed E-state index contributed by atoms with van der Waals surface area (Å²) < 4.78 is 10.4. The van der Waals surface area contributed by atoms with E-state index in [2.05, 4.69) is 13.8 Å². The van der Waals surface area contributed by atoms with Gasteiger partial charge in [0.15, 0.2) is 11.5 Å². The zero-order valence-electron chi connectivity index (χ0n) is 21.7. The minimum absolute atomic E-state index is 0.134. The third-order valence-electron chi connectivity index (χ3n) is 6.62. The van der Waals surface area contributed by atoms with Crippen LogP contribution in [0, 0.1) is 18.8 Å². The van der Waals surface area contributed by atoms with Crippen molar-refractivity contribution in [3.05, 3.63) is 34.7 Å². The summed E-state index contributed by atoms with van der Waals surface area (Å²) in [6.45, 7) is 6.21. The van der Waals surface area contributed by atoms with Gasteiger partial charge in [-0.05, 0) is 55.7 Å². The molecular weight excluding hydrogens is 478 g/mol. The van der Waals surface area contributed by atoms with Crippen LogP contribution in [0.3, 0.4) is 0 Å². The van der Waals surface area contributed by atoms with Crippen LogP contribution in [0.5, 0.6) is 5.75 Å². The second kappa shape index (κ2) is 12.9. The van der Waals surface area contributed by atoms with Gasteiger partial charge in [-0.3, -0.25) is 4.79 Å². The lowest BCUT2D eigenvalue weighted by atomic mass is 9.88. The highest BCUT2D eigenvalue weighted by Crippen LogP contribution is 2.42. The molecule has 1 aliphatic carbocycles. The lowest BCUT2D eigenvalue weighted by Crippen LogP contribution is -2.36. The standard InChI is InChI=1S/C28H37NO6S/c1-18(2)13-14-23(30)29(16-20-9-6-5-7-10-20)22-12-8-11-21(15-22)26-19(3)25(35-17-24(31)32)27(36-26)28(33)34-4/h8,11-12,15,18,20H,5-7,9-10,13-14,16-17H2,1-4H3,(H,31,32). The van der Waals surface area contributed by atoms with Crippen molar-refractivity contribution in [3.8, 4) is 16.2 Å². The van der Waals surface area contributed by atoms with Crippen LogP contribution in [-0.2, 0) is 14.3 Å². The summed E-state index contributed by atoms with van der Waals surface area (Å²) in [5.74, 6) is -0.397. The molecular formula is C28H37NO6S. The number of hydrogen-bond acceptors (Lipinski definition) is 6. The Labute approximate surface area is 217 Å². The lowest BCUT2D eigenvalue weighted by molar-refractivity contribution is -0.139. The first kappa shape index (κ1) is 27.7. The van der Waals surface area contributed by atoms with E-state index in [1.807, 2.05) is 29.2 Å². The first-order chi connectivity index (χ1) is 17.2. The van der Waals surface area contributed by atoms with E-state index in [0.29, 0.717) is 30.4 Å². The van der Waals surface area contributed by atoms with E-state index < -0.39 is 18.5 Å². The summed E-state index contributed by atoms with van der Waals surface area (Å²) in [6, 6.07) is 7.80. The van der Waals surface area contributed by atoms with Crippen molar-refractivity contribution < 1.29 is 29.0 Å². The number of rotatable bonds is 11. The number of nitrogens with zero attached hydrogens (tertiary/aromatic N) is 1. The van der Waals surface area contributed by atoms with E-state index in [1.165, 1.54) is 37.7 Å². The Kier molecular flexibility index (Phi) is 9.93. The molecule has 1 N–H and O–H groups in total. The van der Waals surface area contributed by atoms with Gasteiger partial charge < -0.3 is 19.5 Å². The summed E-state index contributed by atoms with van der Waals surface area (Å²) >= 11 is 1.21. The molecule has 1 aromatic carbocycles. The molecule has 8 heteroatoms. The first-order valence-electron chi connectivity index (χ1n) is 12.7. The number of amides is 1. The van der Waals surface area contributed by atoms with Gasteiger partial charge in [0.05, 0.1) is 7.11 Å². The van der Waals surface area contributed by atoms with E-state index in [-0.39, 0.29) is 16.5 Å². The number of thiophene rings is 1. The fourth-order valence-electron chi connectivity index (χ4n) is 4.65. The molecule has 1 amide bonds. The van der Waals surface area contributed by atoms with Gasteiger partial charge in [0.1, 0.15) is 5.75 Å². The average molecular weight is 516 g/mol. The highest BCUT2D eigenvalue weighted by Gasteiger charge is 2.26. The molecule has 1 aliphatic rings. The van der Waals surface area contributed by atoms with Crippen LogP contribution < -0.4 is 9.64 Å². The molecule has 0 saturated heterocycles. The van der Waals surface area contributed by atoms with Gasteiger partial charge in [-0.15, -0.1) is 11.3 Å². The maximum atomic E-state index is 13.4. The maximum absolute atomic E-state index is 13.4. The van der Waals surface area contributed by atoms with E-state index in [4.69, 9.17) is 14.6 Å². The quantitative estimate of drug-likeness (QED) is 0.352. The Morgan fingerprint density at radius 2 is 1.89 bits per heavy atom. The van der Waals surface area contributed by atoms with E-state index in [9.17, 15) is 14.4 Å². The van der Waals surface area contributed by atoms with Crippen molar-refractivity contribution in [2.45, 2.75) is 65.7 Å². The summed E-state index contributed by atoms with van der Waals surface area (Å²) in [5, 5.41) is 9.06. The van der Waals surface area contributed by atoms with Gasteiger partial charge in [0.25, 0.3) is 0 Å². The van der Waals surface area contributed by atoms with Crippen LogP contribution >= 0.6 is 11.3 Å². The van der Waals surface area contributed by atoms with Crippen LogP contribution in [-0.4, -0.2) is 43.2 Å². The predicted molar refractivity (Wildman–Crippen MR) is 142 cm³/mol. The molecule has 3 rings (SSSR count). The highest BCUT2D eigenvalue weighted by atomic mass is 32.1. The third kappa shape index (κ3) is 7.09. The molecule has 0 aliphatic heterocycles. The number of anilines is 1. The number of methoxy groups -OCH3 is 1. The van der Waals surface area contributed by atoms with E-state index in [0.717, 1.165) is 35.4 Å². The molecule has 1 saturated carbocycles. The molecule has 1 heterocycles. The minimum atomic E-state index is -1.13. The van der Waals surface area contributed by atoms with Crippen molar-refractivity contribution in [2.24, 2.45) is 11.8 Å². The molecule has 36 heavy (non-hydrogen) atoms. The summed E-state index contributed by atoms with van der Waals surface area (Å²) in [4.78, 5) is 39.8. The summed E-state index contributed by atoms with van der Waals surface area (Å²) in [7, 11) is 1.28. The molecule has 0 spiro atoms. The average Bonchev–Trinajstić information content (AvgIpc) is 3.20.